The van der Waals surface area contributed by atoms with Crippen molar-refractivity contribution in [2.24, 2.45) is 0 Å². The number of likely N-dealkylation sites (tertiary alicyclic amines) is 1. The van der Waals surface area contributed by atoms with Gasteiger partial charge in [0.2, 0.25) is 0 Å². The predicted molar refractivity (Wildman–Crippen MR) is 107 cm³/mol. The lowest BCUT2D eigenvalue weighted by Gasteiger charge is -2.24. The number of likely N-dealkylation sites (N-methyl/N-ethyl adjacent to an activating group) is 1. The largest absolute Gasteiger partial charge is 0.507 e. The van der Waals surface area contributed by atoms with Gasteiger partial charge in [-0.1, -0.05) is 6.07 Å². The molecule has 6 nitrogen and oxygen atoms in total. The maximum atomic E-state index is 12.7. The summed E-state index contributed by atoms with van der Waals surface area (Å²) in [4.78, 5) is 15.5. The zero-order valence-corrected chi connectivity index (χ0v) is 16.2. The van der Waals surface area contributed by atoms with Crippen molar-refractivity contribution in [3.8, 4) is 22.1 Å². The molecule has 0 aliphatic carbocycles. The van der Waals surface area contributed by atoms with Crippen LogP contribution in [0.3, 0.4) is 0 Å². The summed E-state index contributed by atoms with van der Waals surface area (Å²) in [5.74, 6) is -0.231. The van der Waals surface area contributed by atoms with Gasteiger partial charge in [-0.2, -0.15) is 0 Å². The Kier molecular flexibility index (Phi) is 5.48. The maximum absolute atomic E-state index is 12.7. The van der Waals surface area contributed by atoms with E-state index in [0.717, 1.165) is 11.4 Å². The van der Waals surface area contributed by atoms with Crippen molar-refractivity contribution in [1.29, 1.82) is 0 Å². The monoisotopic (exact) mass is 409 g/mol. The summed E-state index contributed by atoms with van der Waals surface area (Å²) in [5.41, 5.74) is 0.300. The summed E-state index contributed by atoms with van der Waals surface area (Å²) < 4.78 is 6.01. The SMILES string of the molecule is CN1CC[C@@H](c2c(O)cc(O)c3c(=O)cc(-c4cccs4)oc23)[C@@H]1CO.Cl. The number of benzene rings is 1. The fraction of sp³-hybridized carbons (Fsp3) is 0.316. The Bertz CT molecular complexity index is 1020. The number of hydrogen-bond acceptors (Lipinski definition) is 7. The molecule has 0 unspecified atom stereocenters. The minimum atomic E-state index is -0.361. The fourth-order valence-electron chi connectivity index (χ4n) is 3.83. The van der Waals surface area contributed by atoms with Gasteiger partial charge in [-0.15, -0.1) is 23.7 Å². The molecular formula is C19H20ClNO5S. The van der Waals surface area contributed by atoms with Gasteiger partial charge in [0, 0.05) is 29.7 Å². The molecule has 0 amide bonds. The minimum absolute atomic E-state index is 0. The van der Waals surface area contributed by atoms with Crippen molar-refractivity contribution in [2.75, 3.05) is 20.2 Å². The summed E-state index contributed by atoms with van der Waals surface area (Å²) >= 11 is 1.44. The summed E-state index contributed by atoms with van der Waals surface area (Å²) in [6, 6.07) is 6.06. The zero-order chi connectivity index (χ0) is 18.4. The molecule has 0 spiro atoms. The van der Waals surface area contributed by atoms with Gasteiger partial charge >= 0.3 is 0 Å². The lowest BCUT2D eigenvalue weighted by molar-refractivity contribution is 0.172. The Balaban J connectivity index is 0.00000210. The second-order valence-corrected chi connectivity index (χ2v) is 7.56. The lowest BCUT2D eigenvalue weighted by atomic mass is 9.89. The van der Waals surface area contributed by atoms with Crippen LogP contribution in [0.25, 0.3) is 21.6 Å². The van der Waals surface area contributed by atoms with E-state index in [2.05, 4.69) is 0 Å². The standard InChI is InChI=1S/C19H19NO5S.ClH/c1-20-5-4-10(11(20)9-21)17-12(22)7-13(23)18-14(24)8-15(25-19(17)18)16-3-2-6-26-16;/h2-3,6-8,10-11,21-23H,4-5,9H2,1H3;1H/t10-,11+;/m1./s1. The van der Waals surface area contributed by atoms with E-state index >= 15 is 0 Å². The molecule has 2 atom stereocenters. The summed E-state index contributed by atoms with van der Waals surface area (Å²) in [7, 11) is 1.91. The number of aliphatic hydroxyl groups is 1. The first-order valence-electron chi connectivity index (χ1n) is 8.39. The molecule has 0 saturated carbocycles. The van der Waals surface area contributed by atoms with E-state index in [9.17, 15) is 20.1 Å². The number of phenols is 2. The lowest BCUT2D eigenvalue weighted by Crippen LogP contribution is -2.32. The van der Waals surface area contributed by atoms with Crippen LogP contribution in [-0.4, -0.2) is 46.5 Å². The van der Waals surface area contributed by atoms with Gasteiger partial charge in [-0.05, 0) is 31.5 Å². The number of nitrogens with zero attached hydrogens (tertiary/aromatic N) is 1. The molecule has 0 bridgehead atoms. The van der Waals surface area contributed by atoms with E-state index in [1.165, 1.54) is 23.5 Å². The number of halogens is 1. The van der Waals surface area contributed by atoms with Crippen LogP contribution >= 0.6 is 23.7 Å². The van der Waals surface area contributed by atoms with Crippen molar-refractivity contribution in [3.05, 3.63) is 45.4 Å². The highest BCUT2D eigenvalue weighted by molar-refractivity contribution is 7.13. The number of phenolic OH excluding ortho intramolecular Hbond substituents is 2. The summed E-state index contributed by atoms with van der Waals surface area (Å²) in [6.45, 7) is 0.685. The molecule has 27 heavy (non-hydrogen) atoms. The van der Waals surface area contributed by atoms with Crippen LogP contribution < -0.4 is 5.43 Å². The first-order valence-corrected chi connectivity index (χ1v) is 9.27. The van der Waals surface area contributed by atoms with Crippen molar-refractivity contribution in [3.63, 3.8) is 0 Å². The molecule has 1 aliphatic rings. The van der Waals surface area contributed by atoms with E-state index < -0.39 is 0 Å². The third kappa shape index (κ3) is 3.21. The van der Waals surface area contributed by atoms with Gasteiger partial charge in [-0.25, -0.2) is 0 Å². The molecule has 3 heterocycles. The predicted octanol–water partition coefficient (Wildman–Crippen LogP) is 3.13. The molecule has 1 aromatic carbocycles. The third-order valence-corrected chi connectivity index (χ3v) is 6.03. The van der Waals surface area contributed by atoms with Crippen LogP contribution in [0.5, 0.6) is 11.5 Å². The van der Waals surface area contributed by atoms with E-state index in [0.29, 0.717) is 17.7 Å². The smallest absolute Gasteiger partial charge is 0.197 e. The number of aromatic hydroxyl groups is 2. The van der Waals surface area contributed by atoms with Gasteiger partial charge in [-0.3, -0.25) is 4.79 Å². The maximum Gasteiger partial charge on any atom is 0.197 e. The van der Waals surface area contributed by atoms with Crippen LogP contribution in [0.2, 0.25) is 0 Å². The molecule has 3 aromatic rings. The molecule has 0 radical (unpaired) electrons. The van der Waals surface area contributed by atoms with Crippen LogP contribution in [0.15, 0.2) is 38.9 Å². The first-order chi connectivity index (χ1) is 12.5. The summed E-state index contributed by atoms with van der Waals surface area (Å²) in [5, 5.41) is 32.5. The number of rotatable bonds is 3. The van der Waals surface area contributed by atoms with Crippen LogP contribution in [0.1, 0.15) is 17.9 Å². The Morgan fingerprint density at radius 2 is 2.07 bits per heavy atom. The number of fused-ring (bicyclic) bond motifs is 1. The van der Waals surface area contributed by atoms with Crippen molar-refractivity contribution < 1.29 is 19.7 Å². The first kappa shape index (κ1) is 19.7. The van der Waals surface area contributed by atoms with E-state index in [4.69, 9.17) is 4.42 Å². The number of hydrogen-bond donors (Lipinski definition) is 3. The highest BCUT2D eigenvalue weighted by Gasteiger charge is 2.36. The molecular weight excluding hydrogens is 390 g/mol. The quantitative estimate of drug-likeness (QED) is 0.615. The van der Waals surface area contributed by atoms with Crippen molar-refractivity contribution >= 4 is 34.7 Å². The molecule has 144 valence electrons. The number of aliphatic hydroxyl groups excluding tert-OH is 1. The molecule has 2 aromatic heterocycles. The highest BCUT2D eigenvalue weighted by atomic mass is 35.5. The molecule has 8 heteroatoms. The molecule has 1 aliphatic heterocycles. The topological polar surface area (TPSA) is 94.1 Å². The fourth-order valence-corrected chi connectivity index (χ4v) is 4.51. The molecule has 3 N–H and O–H groups in total. The Labute approximate surface area is 165 Å². The zero-order valence-electron chi connectivity index (χ0n) is 14.6. The Hall–Kier alpha value is -2.06. The van der Waals surface area contributed by atoms with Crippen LogP contribution in [0, 0.1) is 0 Å². The van der Waals surface area contributed by atoms with Gasteiger partial charge in [0.1, 0.15) is 28.2 Å². The molecule has 4 rings (SSSR count). The minimum Gasteiger partial charge on any atom is -0.507 e. The van der Waals surface area contributed by atoms with Gasteiger partial charge < -0.3 is 24.6 Å². The van der Waals surface area contributed by atoms with Gasteiger partial charge in [0.15, 0.2) is 5.43 Å². The second-order valence-electron chi connectivity index (χ2n) is 6.61. The number of thiophene rings is 1. The van der Waals surface area contributed by atoms with Crippen molar-refractivity contribution in [2.45, 2.75) is 18.4 Å². The molecule has 1 saturated heterocycles. The molecule has 1 fully saturated rings. The van der Waals surface area contributed by atoms with Crippen molar-refractivity contribution in [1.82, 2.24) is 4.90 Å². The van der Waals surface area contributed by atoms with Crippen LogP contribution in [-0.2, 0) is 0 Å². The average molecular weight is 410 g/mol. The highest BCUT2D eigenvalue weighted by Crippen LogP contribution is 2.44. The Morgan fingerprint density at radius 1 is 1.30 bits per heavy atom. The Morgan fingerprint density at radius 3 is 2.74 bits per heavy atom. The van der Waals surface area contributed by atoms with E-state index in [1.54, 1.807) is 0 Å². The van der Waals surface area contributed by atoms with Gasteiger partial charge in [0.05, 0.1) is 11.5 Å². The van der Waals surface area contributed by atoms with E-state index in [-0.39, 0.29) is 58.9 Å². The normalized spacial score (nSPS) is 20.1. The third-order valence-electron chi connectivity index (χ3n) is 5.14. The average Bonchev–Trinajstić information content (AvgIpc) is 3.24. The van der Waals surface area contributed by atoms with Crippen LogP contribution in [0.4, 0.5) is 0 Å². The summed E-state index contributed by atoms with van der Waals surface area (Å²) in [6.07, 6.45) is 0.710. The van der Waals surface area contributed by atoms with Gasteiger partial charge in [0.25, 0.3) is 0 Å². The second kappa shape index (κ2) is 7.52. The van der Waals surface area contributed by atoms with E-state index in [1.807, 2.05) is 29.5 Å².